The van der Waals surface area contributed by atoms with Gasteiger partial charge in [-0.1, -0.05) is 30.3 Å². The number of aliphatic hydroxyl groups is 1. The van der Waals surface area contributed by atoms with Crippen molar-refractivity contribution < 1.29 is 47.3 Å². The highest BCUT2D eigenvalue weighted by molar-refractivity contribution is 5.87. The zero-order valence-corrected chi connectivity index (χ0v) is 25.0. The standard InChI is InChI=1S/C29H37N5O10/c1-29(2,3)44-27(38)30-13-9-8-12-19(34-28(39)43-15-18-10-6-5-7-11-18)23(36)31-20(14-35)24-32-21(16-41-24)25-33-22(17-42-25)26(37)40-4/h5-7,10-11,16-17,19-20,35H,8-9,12-15H2,1-4H3,(H,30,38)(H,31,36)(H,34,39)/t19-,20+/m1/s1. The molecule has 2 atom stereocenters. The molecule has 0 saturated heterocycles. The van der Waals surface area contributed by atoms with Crippen molar-refractivity contribution in [2.75, 3.05) is 20.3 Å². The molecule has 0 aliphatic rings. The van der Waals surface area contributed by atoms with Crippen LogP contribution in [0.5, 0.6) is 0 Å². The van der Waals surface area contributed by atoms with E-state index < -0.39 is 48.4 Å². The Morgan fingerprint density at radius 2 is 1.73 bits per heavy atom. The van der Waals surface area contributed by atoms with Crippen LogP contribution in [0.2, 0.25) is 0 Å². The van der Waals surface area contributed by atoms with E-state index in [0.717, 1.165) is 11.8 Å². The van der Waals surface area contributed by atoms with Gasteiger partial charge in [-0.3, -0.25) is 4.79 Å². The summed E-state index contributed by atoms with van der Waals surface area (Å²) >= 11 is 0. The van der Waals surface area contributed by atoms with Crippen molar-refractivity contribution in [1.29, 1.82) is 0 Å². The van der Waals surface area contributed by atoms with Crippen LogP contribution in [0.1, 0.15) is 68.0 Å². The summed E-state index contributed by atoms with van der Waals surface area (Å²) in [7, 11) is 1.20. The summed E-state index contributed by atoms with van der Waals surface area (Å²) in [4.78, 5) is 57.6. The molecule has 3 aromatic rings. The van der Waals surface area contributed by atoms with Gasteiger partial charge in [-0.15, -0.1) is 0 Å². The maximum absolute atomic E-state index is 13.3. The molecule has 0 aliphatic carbocycles. The zero-order valence-electron chi connectivity index (χ0n) is 25.0. The van der Waals surface area contributed by atoms with Gasteiger partial charge >= 0.3 is 18.2 Å². The fourth-order valence-electron chi connectivity index (χ4n) is 3.75. The van der Waals surface area contributed by atoms with Crippen LogP contribution in [0.3, 0.4) is 0 Å². The van der Waals surface area contributed by atoms with Crippen molar-refractivity contribution in [3.05, 3.63) is 60.0 Å². The van der Waals surface area contributed by atoms with Crippen LogP contribution in [0, 0.1) is 0 Å². The molecular formula is C29H37N5O10. The Kier molecular flexibility index (Phi) is 12.3. The van der Waals surface area contributed by atoms with E-state index in [2.05, 4.69) is 30.7 Å². The van der Waals surface area contributed by atoms with Crippen LogP contribution in [0.15, 0.2) is 51.7 Å². The number of oxazole rings is 2. The minimum atomic E-state index is -1.09. The summed E-state index contributed by atoms with van der Waals surface area (Å²) in [5.41, 5.74) is 0.166. The molecule has 2 heterocycles. The number of rotatable bonds is 14. The molecule has 4 N–H and O–H groups in total. The molecule has 1 aromatic carbocycles. The van der Waals surface area contributed by atoms with E-state index in [0.29, 0.717) is 19.4 Å². The molecule has 0 spiro atoms. The predicted molar refractivity (Wildman–Crippen MR) is 153 cm³/mol. The Bertz CT molecular complexity index is 1380. The van der Waals surface area contributed by atoms with Gasteiger partial charge < -0.3 is 44.1 Å². The van der Waals surface area contributed by atoms with Crippen LogP contribution in [-0.4, -0.2) is 71.0 Å². The SMILES string of the molecule is COC(=O)c1coc(-c2coc([C@H](CO)NC(=O)[C@@H](CCCCNC(=O)OC(C)(C)C)NC(=O)OCc3ccccc3)n2)n1. The zero-order chi connectivity index (χ0) is 32.1. The fraction of sp³-hybridized carbons (Fsp3) is 0.448. The number of amides is 3. The molecule has 3 amide bonds. The van der Waals surface area contributed by atoms with Crippen molar-refractivity contribution in [2.24, 2.45) is 0 Å². The summed E-state index contributed by atoms with van der Waals surface area (Å²) in [6, 6.07) is 6.88. The lowest BCUT2D eigenvalue weighted by Gasteiger charge is -2.21. The van der Waals surface area contributed by atoms with E-state index in [1.165, 1.54) is 13.4 Å². The number of ether oxygens (including phenoxy) is 3. The minimum Gasteiger partial charge on any atom is -0.464 e. The Morgan fingerprint density at radius 3 is 2.41 bits per heavy atom. The minimum absolute atomic E-state index is 0.00230. The molecule has 0 bridgehead atoms. The number of alkyl carbamates (subject to hydrolysis) is 2. The topological polar surface area (TPSA) is 204 Å². The van der Waals surface area contributed by atoms with E-state index in [-0.39, 0.29) is 36.2 Å². The smallest absolute Gasteiger partial charge is 0.408 e. The lowest BCUT2D eigenvalue weighted by molar-refractivity contribution is -0.124. The van der Waals surface area contributed by atoms with Crippen LogP contribution >= 0.6 is 0 Å². The molecule has 0 radical (unpaired) electrons. The van der Waals surface area contributed by atoms with Crippen LogP contribution in [0.4, 0.5) is 9.59 Å². The number of methoxy groups -OCH3 is 1. The summed E-state index contributed by atoms with van der Waals surface area (Å²) in [5, 5.41) is 17.8. The number of carbonyl (C=O) groups is 4. The number of esters is 1. The van der Waals surface area contributed by atoms with Crippen LogP contribution < -0.4 is 16.0 Å². The summed E-state index contributed by atoms with van der Waals surface area (Å²) in [6.07, 6.45) is 2.01. The summed E-state index contributed by atoms with van der Waals surface area (Å²) in [6.45, 7) is 4.97. The van der Waals surface area contributed by atoms with Gasteiger partial charge in [-0.25, -0.2) is 24.4 Å². The van der Waals surface area contributed by atoms with Gasteiger partial charge in [0, 0.05) is 6.54 Å². The molecule has 238 valence electrons. The Labute approximate surface area is 253 Å². The van der Waals surface area contributed by atoms with E-state index in [4.69, 9.17) is 18.3 Å². The van der Waals surface area contributed by atoms with Gasteiger partial charge in [0.05, 0.1) is 13.7 Å². The first-order valence-electron chi connectivity index (χ1n) is 13.8. The summed E-state index contributed by atoms with van der Waals surface area (Å²) < 4.78 is 25.7. The Morgan fingerprint density at radius 1 is 0.977 bits per heavy atom. The van der Waals surface area contributed by atoms with Gasteiger partial charge in [-0.2, -0.15) is 0 Å². The van der Waals surface area contributed by atoms with Crippen LogP contribution in [-0.2, 0) is 25.6 Å². The highest BCUT2D eigenvalue weighted by atomic mass is 16.6. The monoisotopic (exact) mass is 615 g/mol. The van der Waals surface area contributed by atoms with Crippen LogP contribution in [0.25, 0.3) is 11.6 Å². The Hall–Kier alpha value is -4.92. The molecule has 0 aliphatic heterocycles. The molecule has 3 rings (SSSR count). The number of unbranched alkanes of at least 4 members (excludes halogenated alkanes) is 1. The molecule has 0 saturated carbocycles. The summed E-state index contributed by atoms with van der Waals surface area (Å²) in [5.74, 6) is -1.44. The number of benzene rings is 1. The van der Waals surface area contributed by atoms with Crippen molar-refractivity contribution in [1.82, 2.24) is 25.9 Å². The average molecular weight is 616 g/mol. The lowest BCUT2D eigenvalue weighted by atomic mass is 10.1. The normalized spacial score (nSPS) is 12.5. The number of aromatic nitrogens is 2. The van der Waals surface area contributed by atoms with Gasteiger partial charge in [-0.05, 0) is 45.6 Å². The first kappa shape index (κ1) is 33.6. The molecule has 15 heteroatoms. The maximum atomic E-state index is 13.3. The van der Waals surface area contributed by atoms with E-state index in [9.17, 15) is 24.3 Å². The van der Waals surface area contributed by atoms with Crippen molar-refractivity contribution in [2.45, 2.75) is 64.3 Å². The lowest BCUT2D eigenvalue weighted by Crippen LogP contribution is -2.48. The molecule has 2 aromatic heterocycles. The highest BCUT2D eigenvalue weighted by Gasteiger charge is 2.27. The molecule has 0 fully saturated rings. The van der Waals surface area contributed by atoms with Gasteiger partial charge in [0.25, 0.3) is 0 Å². The van der Waals surface area contributed by atoms with Crippen molar-refractivity contribution in [3.8, 4) is 11.6 Å². The second kappa shape index (κ2) is 16.1. The molecule has 15 nitrogen and oxygen atoms in total. The highest BCUT2D eigenvalue weighted by Crippen LogP contribution is 2.22. The van der Waals surface area contributed by atoms with Gasteiger partial charge in [0.2, 0.25) is 17.7 Å². The largest absolute Gasteiger partial charge is 0.464 e. The first-order valence-corrected chi connectivity index (χ1v) is 13.8. The fourth-order valence-corrected chi connectivity index (χ4v) is 3.75. The third kappa shape index (κ3) is 10.7. The number of nitrogens with one attached hydrogen (secondary N) is 3. The average Bonchev–Trinajstić information content (AvgIpc) is 3.68. The van der Waals surface area contributed by atoms with Gasteiger partial charge in [0.15, 0.2) is 11.4 Å². The van der Waals surface area contributed by atoms with Crippen molar-refractivity contribution in [3.63, 3.8) is 0 Å². The number of hydrogen-bond acceptors (Lipinski definition) is 12. The maximum Gasteiger partial charge on any atom is 0.408 e. The van der Waals surface area contributed by atoms with Crippen molar-refractivity contribution >= 4 is 24.1 Å². The third-order valence-electron chi connectivity index (χ3n) is 5.85. The van der Waals surface area contributed by atoms with E-state index in [1.807, 2.05) is 6.07 Å². The van der Waals surface area contributed by atoms with E-state index >= 15 is 0 Å². The molecule has 44 heavy (non-hydrogen) atoms. The number of nitrogens with zero attached hydrogens (tertiary/aromatic N) is 2. The predicted octanol–water partition coefficient (Wildman–Crippen LogP) is 3.26. The van der Waals surface area contributed by atoms with E-state index in [1.54, 1.807) is 45.0 Å². The number of hydrogen-bond donors (Lipinski definition) is 4. The molecular weight excluding hydrogens is 578 g/mol. The first-order chi connectivity index (χ1) is 21.0. The number of aliphatic hydroxyl groups excluding tert-OH is 1. The quantitative estimate of drug-likeness (QED) is 0.117. The molecule has 0 unspecified atom stereocenters. The van der Waals surface area contributed by atoms with Gasteiger partial charge in [0.1, 0.15) is 36.8 Å². The second-order valence-electron chi connectivity index (χ2n) is 10.5. The third-order valence-corrected chi connectivity index (χ3v) is 5.85. The Balaban J connectivity index is 1.62. The number of carbonyl (C=O) groups excluding carboxylic acids is 4. The second-order valence-corrected chi connectivity index (χ2v) is 10.5.